The lowest BCUT2D eigenvalue weighted by Gasteiger charge is -2.36. The van der Waals surface area contributed by atoms with Gasteiger partial charge in [0.2, 0.25) is 11.8 Å². The molecule has 1 aliphatic rings. The molecule has 1 saturated heterocycles. The number of ether oxygens (including phenoxy) is 1. The summed E-state index contributed by atoms with van der Waals surface area (Å²) in [5.74, 6) is 0.223. The molecule has 1 aliphatic heterocycles. The number of anilines is 1. The normalized spacial score (nSPS) is 14.1. The number of thiophene rings is 1. The number of pyridine rings is 1. The van der Waals surface area contributed by atoms with Crippen molar-refractivity contribution in [1.29, 1.82) is 0 Å². The molecule has 9 heteroatoms. The molecule has 2 aromatic heterocycles. The van der Waals surface area contributed by atoms with Gasteiger partial charge in [-0.1, -0.05) is 6.07 Å². The molecule has 0 atom stereocenters. The molecule has 5 rings (SSSR count). The molecule has 1 fully saturated rings. The van der Waals surface area contributed by atoms with Gasteiger partial charge in [-0.2, -0.15) is 0 Å². The Morgan fingerprint density at radius 2 is 1.80 bits per heavy atom. The van der Waals surface area contributed by atoms with Gasteiger partial charge in [-0.15, -0.1) is 11.3 Å². The molecule has 0 saturated carbocycles. The molecule has 3 heterocycles. The third kappa shape index (κ3) is 6.71. The molecule has 210 valence electrons. The molecular formula is C31H36N4O4S. The van der Waals surface area contributed by atoms with Crippen LogP contribution >= 0.6 is 11.3 Å². The Morgan fingerprint density at radius 1 is 0.975 bits per heavy atom. The molecule has 2 aromatic carbocycles. The standard InChI is InChI=1S/C31H36N4O4S/c1-23(36)32-14-5-8-30(37)35-28-22-25(11-9-24(28)10-12-31(35)38)39-20-3-2-15-33-16-18-34(19-17-33)27-6-4-7-29-26(27)13-21-40-29/h4,6-7,9-13,21-22H,2-3,5,8,14-20H2,1H3,(H,32,36). The van der Waals surface area contributed by atoms with Crippen LogP contribution in [0.25, 0.3) is 21.0 Å². The zero-order chi connectivity index (χ0) is 27.9. The van der Waals surface area contributed by atoms with Crippen LogP contribution < -0.4 is 20.5 Å². The average Bonchev–Trinajstić information content (AvgIpc) is 3.44. The fourth-order valence-corrected chi connectivity index (χ4v) is 6.08. The number of carbonyl (C=O) groups is 2. The molecule has 0 spiro atoms. The van der Waals surface area contributed by atoms with Crippen LogP contribution in [0.2, 0.25) is 0 Å². The van der Waals surface area contributed by atoms with Crippen LogP contribution in [-0.2, 0) is 4.79 Å². The van der Waals surface area contributed by atoms with E-state index in [4.69, 9.17) is 4.74 Å². The highest BCUT2D eigenvalue weighted by atomic mass is 32.1. The van der Waals surface area contributed by atoms with E-state index in [0.29, 0.717) is 30.8 Å². The number of aromatic nitrogens is 1. The minimum absolute atomic E-state index is 0.137. The van der Waals surface area contributed by atoms with Gasteiger partial charge >= 0.3 is 0 Å². The minimum atomic E-state index is -0.360. The van der Waals surface area contributed by atoms with Crippen molar-refractivity contribution >= 4 is 49.8 Å². The topological polar surface area (TPSA) is 83.9 Å². The van der Waals surface area contributed by atoms with E-state index in [1.165, 1.54) is 33.3 Å². The smallest absolute Gasteiger partial charge is 0.257 e. The van der Waals surface area contributed by atoms with Gasteiger partial charge in [-0.25, -0.2) is 4.57 Å². The zero-order valence-corrected chi connectivity index (χ0v) is 23.8. The van der Waals surface area contributed by atoms with Crippen molar-refractivity contribution < 1.29 is 14.3 Å². The number of hydrogen-bond acceptors (Lipinski definition) is 7. The Kier molecular flexibility index (Phi) is 9.13. The van der Waals surface area contributed by atoms with E-state index >= 15 is 0 Å². The number of amides is 1. The lowest BCUT2D eigenvalue weighted by molar-refractivity contribution is -0.118. The van der Waals surface area contributed by atoms with E-state index in [1.807, 2.05) is 12.1 Å². The van der Waals surface area contributed by atoms with Crippen LogP contribution in [0.15, 0.2) is 64.8 Å². The predicted octanol–water partition coefficient (Wildman–Crippen LogP) is 4.75. The first-order chi connectivity index (χ1) is 19.5. The van der Waals surface area contributed by atoms with Gasteiger partial charge in [0.15, 0.2) is 0 Å². The number of unbranched alkanes of at least 4 members (excludes halogenated alkanes) is 1. The summed E-state index contributed by atoms with van der Waals surface area (Å²) in [7, 11) is 0. The van der Waals surface area contributed by atoms with Crippen molar-refractivity contribution in [2.45, 2.75) is 32.6 Å². The number of hydrogen-bond donors (Lipinski definition) is 1. The number of fused-ring (bicyclic) bond motifs is 2. The largest absolute Gasteiger partial charge is 0.494 e. The van der Waals surface area contributed by atoms with Crippen molar-refractivity contribution in [1.82, 2.24) is 14.8 Å². The lowest BCUT2D eigenvalue weighted by Crippen LogP contribution is -2.46. The Balaban J connectivity index is 1.09. The second-order valence-corrected chi connectivity index (χ2v) is 11.1. The molecule has 1 N–H and O–H groups in total. The summed E-state index contributed by atoms with van der Waals surface area (Å²) in [4.78, 5) is 41.5. The number of carbonyl (C=O) groups excluding carboxylic acids is 2. The van der Waals surface area contributed by atoms with Crippen LogP contribution in [-0.4, -0.2) is 67.2 Å². The molecule has 0 aliphatic carbocycles. The summed E-state index contributed by atoms with van der Waals surface area (Å²) in [5.41, 5.74) is 1.53. The Hall–Kier alpha value is -3.69. The summed E-state index contributed by atoms with van der Waals surface area (Å²) in [6.07, 6.45) is 2.61. The summed E-state index contributed by atoms with van der Waals surface area (Å²) in [5, 5.41) is 7.00. The quantitative estimate of drug-likeness (QED) is 0.267. The van der Waals surface area contributed by atoms with Gasteiger partial charge in [0, 0.05) is 74.0 Å². The van der Waals surface area contributed by atoms with Gasteiger partial charge in [0.05, 0.1) is 12.1 Å². The summed E-state index contributed by atoms with van der Waals surface area (Å²) in [6.45, 7) is 7.65. The maximum Gasteiger partial charge on any atom is 0.257 e. The number of nitrogens with zero attached hydrogens (tertiary/aromatic N) is 3. The highest BCUT2D eigenvalue weighted by Gasteiger charge is 2.18. The monoisotopic (exact) mass is 560 g/mol. The third-order valence-corrected chi connectivity index (χ3v) is 8.26. The van der Waals surface area contributed by atoms with E-state index in [0.717, 1.165) is 51.0 Å². The highest BCUT2D eigenvalue weighted by Crippen LogP contribution is 2.31. The molecule has 0 radical (unpaired) electrons. The Labute approximate surface area is 238 Å². The van der Waals surface area contributed by atoms with Crippen LogP contribution in [0.5, 0.6) is 5.75 Å². The fraction of sp³-hybridized carbons (Fsp3) is 0.387. The Bertz CT molecular complexity index is 1540. The van der Waals surface area contributed by atoms with Crippen LogP contribution in [0.4, 0.5) is 5.69 Å². The van der Waals surface area contributed by atoms with Crippen molar-refractivity contribution in [2.75, 3.05) is 50.8 Å². The minimum Gasteiger partial charge on any atom is -0.494 e. The van der Waals surface area contributed by atoms with Gasteiger partial charge < -0.3 is 15.0 Å². The fourth-order valence-electron chi connectivity index (χ4n) is 5.27. The van der Waals surface area contributed by atoms with E-state index in [1.54, 1.807) is 23.5 Å². The summed E-state index contributed by atoms with van der Waals surface area (Å²) >= 11 is 1.80. The van der Waals surface area contributed by atoms with Crippen molar-refractivity contribution in [3.8, 4) is 5.75 Å². The zero-order valence-electron chi connectivity index (χ0n) is 22.9. The summed E-state index contributed by atoms with van der Waals surface area (Å²) < 4.78 is 8.58. The molecule has 40 heavy (non-hydrogen) atoms. The third-order valence-electron chi connectivity index (χ3n) is 7.38. The number of benzene rings is 2. The number of rotatable bonds is 11. The first-order valence-electron chi connectivity index (χ1n) is 14.0. The van der Waals surface area contributed by atoms with Gasteiger partial charge in [0.25, 0.3) is 5.56 Å². The van der Waals surface area contributed by atoms with Gasteiger partial charge in [-0.3, -0.25) is 19.3 Å². The number of piperazine rings is 1. The molecule has 4 aromatic rings. The van der Waals surface area contributed by atoms with E-state index in [9.17, 15) is 14.4 Å². The Morgan fingerprint density at radius 3 is 2.62 bits per heavy atom. The van der Waals surface area contributed by atoms with Crippen LogP contribution in [0, 0.1) is 0 Å². The van der Waals surface area contributed by atoms with Crippen LogP contribution in [0.1, 0.15) is 37.4 Å². The second-order valence-electron chi connectivity index (χ2n) is 10.2. The van der Waals surface area contributed by atoms with Crippen molar-refractivity contribution in [3.63, 3.8) is 0 Å². The molecule has 8 nitrogen and oxygen atoms in total. The first kappa shape index (κ1) is 27.9. The van der Waals surface area contributed by atoms with Crippen molar-refractivity contribution in [2.24, 2.45) is 0 Å². The lowest BCUT2D eigenvalue weighted by atomic mass is 10.1. The van der Waals surface area contributed by atoms with Gasteiger partial charge in [-0.05, 0) is 73.0 Å². The van der Waals surface area contributed by atoms with E-state index in [-0.39, 0.29) is 23.8 Å². The molecule has 1 amide bonds. The maximum absolute atomic E-state index is 12.8. The van der Waals surface area contributed by atoms with Crippen molar-refractivity contribution in [3.05, 3.63) is 70.3 Å². The SMILES string of the molecule is CC(=O)NCCCC(=O)n1c(=O)ccc2ccc(OCCCCN3CCN(c4cccc5sccc45)CC3)cc21. The summed E-state index contributed by atoms with van der Waals surface area (Å²) in [6, 6.07) is 17.5. The first-order valence-corrected chi connectivity index (χ1v) is 14.9. The molecule has 0 bridgehead atoms. The molecule has 0 unspecified atom stereocenters. The average molecular weight is 561 g/mol. The highest BCUT2D eigenvalue weighted by molar-refractivity contribution is 7.17. The maximum atomic E-state index is 12.8. The van der Waals surface area contributed by atoms with E-state index in [2.05, 4.69) is 44.8 Å². The second kappa shape index (κ2) is 13.1. The predicted molar refractivity (Wildman–Crippen MR) is 162 cm³/mol. The number of nitrogens with one attached hydrogen (secondary N) is 1. The van der Waals surface area contributed by atoms with E-state index < -0.39 is 0 Å². The van der Waals surface area contributed by atoms with Gasteiger partial charge in [0.1, 0.15) is 5.75 Å². The molecular weight excluding hydrogens is 524 g/mol. The van der Waals surface area contributed by atoms with Crippen LogP contribution in [0.3, 0.4) is 0 Å².